The summed E-state index contributed by atoms with van der Waals surface area (Å²) in [4.78, 5) is 39.8. The van der Waals surface area contributed by atoms with E-state index in [0.717, 1.165) is 16.7 Å². The van der Waals surface area contributed by atoms with Crippen LogP contribution in [0.3, 0.4) is 0 Å². The van der Waals surface area contributed by atoms with Crippen LogP contribution in [-0.2, 0) is 9.53 Å². The molecule has 2 aromatic rings. The van der Waals surface area contributed by atoms with Gasteiger partial charge < -0.3 is 9.84 Å². The zero-order valence-electron chi connectivity index (χ0n) is 21.2. The van der Waals surface area contributed by atoms with Crippen molar-refractivity contribution in [3.63, 3.8) is 0 Å². The number of hydrogen-bond donors (Lipinski definition) is 1. The van der Waals surface area contributed by atoms with Gasteiger partial charge in [-0.2, -0.15) is 0 Å². The summed E-state index contributed by atoms with van der Waals surface area (Å²) < 4.78 is 19.6. The van der Waals surface area contributed by atoms with Gasteiger partial charge in [0.25, 0.3) is 11.8 Å². The Labute approximate surface area is 215 Å². The molecule has 1 aliphatic carbocycles. The molecule has 6 nitrogen and oxygen atoms in total. The van der Waals surface area contributed by atoms with Gasteiger partial charge in [0.2, 0.25) is 0 Å². The number of rotatable bonds is 4. The van der Waals surface area contributed by atoms with E-state index in [2.05, 4.69) is 13.8 Å². The molecular formula is C30H30FNO5. The van der Waals surface area contributed by atoms with Crippen molar-refractivity contribution in [2.24, 2.45) is 5.41 Å². The number of aliphatic hydroxyl groups is 1. The van der Waals surface area contributed by atoms with Crippen molar-refractivity contribution >= 4 is 23.4 Å². The molecule has 0 bridgehead atoms. The van der Waals surface area contributed by atoms with Crippen LogP contribution in [0.25, 0.3) is 5.57 Å². The second-order valence-corrected chi connectivity index (χ2v) is 10.8. The average molecular weight is 504 g/mol. The lowest BCUT2D eigenvalue weighted by Crippen LogP contribution is -2.45. The van der Waals surface area contributed by atoms with Crippen LogP contribution >= 0.6 is 0 Å². The number of hydrogen-bond acceptors (Lipinski definition) is 5. The van der Waals surface area contributed by atoms with Gasteiger partial charge in [-0.15, -0.1) is 0 Å². The second-order valence-electron chi connectivity index (χ2n) is 10.8. The predicted octanol–water partition coefficient (Wildman–Crippen LogP) is 5.00. The molecule has 3 atom stereocenters. The molecule has 2 aromatic carbocycles. The average Bonchev–Trinajstić information content (AvgIpc) is 3.09. The fourth-order valence-electron chi connectivity index (χ4n) is 5.81. The first-order valence-electron chi connectivity index (χ1n) is 12.6. The van der Waals surface area contributed by atoms with Crippen molar-refractivity contribution in [3.05, 3.63) is 88.3 Å². The van der Waals surface area contributed by atoms with Crippen molar-refractivity contribution in [2.75, 3.05) is 0 Å². The van der Waals surface area contributed by atoms with Crippen LogP contribution < -0.4 is 0 Å². The number of allylic oxidation sites excluding steroid dienone is 2. The number of ether oxygens (including phenoxy) is 1. The summed E-state index contributed by atoms with van der Waals surface area (Å²) in [5.41, 5.74) is 3.53. The molecule has 1 fully saturated rings. The molecule has 5 rings (SSSR count). The molecule has 0 spiro atoms. The highest BCUT2D eigenvalue weighted by molar-refractivity contribution is 6.21. The van der Waals surface area contributed by atoms with Gasteiger partial charge in [0.15, 0.2) is 0 Å². The molecule has 37 heavy (non-hydrogen) atoms. The summed E-state index contributed by atoms with van der Waals surface area (Å²) in [6, 6.07) is 11.4. The zero-order chi connectivity index (χ0) is 26.5. The standard InChI is InChI=1S/C30H30FNO5/c1-17-12-18(8-11-26(17)31)24-13-19(32-28(35)22-6-4-5-7-23(22)29(32)36)16-30(2,3)25(24)10-9-21-14-20(33)15-27(34)37-21/h4-12,19-21,33H,13-16H2,1-3H3/t19?,20-,21-/m1/s1. The lowest BCUT2D eigenvalue weighted by molar-refractivity contribution is -0.156. The van der Waals surface area contributed by atoms with E-state index in [4.69, 9.17) is 4.74 Å². The number of imide groups is 1. The Hall–Kier alpha value is -3.58. The molecular weight excluding hydrogens is 473 g/mol. The van der Waals surface area contributed by atoms with E-state index in [1.165, 1.54) is 11.0 Å². The number of benzene rings is 2. The second kappa shape index (κ2) is 9.38. The van der Waals surface area contributed by atoms with Crippen LogP contribution in [0.15, 0.2) is 60.2 Å². The van der Waals surface area contributed by atoms with E-state index in [9.17, 15) is 23.9 Å². The van der Waals surface area contributed by atoms with E-state index >= 15 is 0 Å². The Bertz CT molecular complexity index is 1320. The fourth-order valence-corrected chi connectivity index (χ4v) is 5.81. The number of fused-ring (bicyclic) bond motifs is 1. The maximum atomic E-state index is 14.2. The highest BCUT2D eigenvalue weighted by Crippen LogP contribution is 2.47. The van der Waals surface area contributed by atoms with Crippen molar-refractivity contribution < 1.29 is 28.6 Å². The van der Waals surface area contributed by atoms with Gasteiger partial charge in [0, 0.05) is 12.5 Å². The Morgan fingerprint density at radius 2 is 1.73 bits per heavy atom. The molecule has 192 valence electrons. The Balaban J connectivity index is 1.56. The molecule has 0 saturated carbocycles. The highest BCUT2D eigenvalue weighted by atomic mass is 19.1. The van der Waals surface area contributed by atoms with Crippen LogP contribution in [0, 0.1) is 18.2 Å². The Morgan fingerprint density at radius 1 is 1.05 bits per heavy atom. The van der Waals surface area contributed by atoms with Crippen molar-refractivity contribution in [1.82, 2.24) is 4.90 Å². The van der Waals surface area contributed by atoms with E-state index in [-0.39, 0.29) is 30.1 Å². The first kappa shape index (κ1) is 25.1. The summed E-state index contributed by atoms with van der Waals surface area (Å²) in [5, 5.41) is 10.0. The molecule has 7 heteroatoms. The number of aliphatic hydroxyl groups excluding tert-OH is 1. The maximum absolute atomic E-state index is 14.2. The van der Waals surface area contributed by atoms with Gasteiger partial charge in [0.1, 0.15) is 11.9 Å². The van der Waals surface area contributed by atoms with E-state index in [1.54, 1.807) is 49.4 Å². The van der Waals surface area contributed by atoms with E-state index in [0.29, 0.717) is 36.0 Å². The number of halogens is 1. The minimum absolute atomic E-state index is 0.0133. The third-order valence-corrected chi connectivity index (χ3v) is 7.60. The van der Waals surface area contributed by atoms with Gasteiger partial charge in [-0.3, -0.25) is 19.3 Å². The van der Waals surface area contributed by atoms with Crippen LogP contribution in [0.4, 0.5) is 4.39 Å². The Kier molecular flexibility index (Phi) is 6.36. The van der Waals surface area contributed by atoms with Crippen molar-refractivity contribution in [2.45, 2.75) is 64.7 Å². The van der Waals surface area contributed by atoms with Crippen LogP contribution in [0.2, 0.25) is 0 Å². The summed E-state index contributed by atoms with van der Waals surface area (Å²) in [6.07, 6.45) is 3.66. The van der Waals surface area contributed by atoms with Crippen molar-refractivity contribution in [1.29, 1.82) is 0 Å². The lowest BCUT2D eigenvalue weighted by atomic mass is 9.68. The molecule has 2 amide bonds. The van der Waals surface area contributed by atoms with E-state index < -0.39 is 23.6 Å². The molecule has 0 radical (unpaired) electrons. The molecule has 1 N–H and O–H groups in total. The normalized spacial score (nSPS) is 25.6. The number of esters is 1. The third-order valence-electron chi connectivity index (χ3n) is 7.60. The van der Waals surface area contributed by atoms with Crippen LogP contribution in [-0.4, -0.2) is 46.0 Å². The molecule has 3 aliphatic rings. The largest absolute Gasteiger partial charge is 0.458 e. The molecule has 1 saturated heterocycles. The van der Waals surface area contributed by atoms with Crippen LogP contribution in [0.5, 0.6) is 0 Å². The predicted molar refractivity (Wildman–Crippen MR) is 136 cm³/mol. The summed E-state index contributed by atoms with van der Waals surface area (Å²) in [7, 11) is 0. The first-order valence-corrected chi connectivity index (χ1v) is 12.6. The summed E-state index contributed by atoms with van der Waals surface area (Å²) >= 11 is 0. The van der Waals surface area contributed by atoms with E-state index in [1.807, 2.05) is 6.08 Å². The molecule has 2 heterocycles. The van der Waals surface area contributed by atoms with Crippen molar-refractivity contribution in [3.8, 4) is 0 Å². The minimum atomic E-state index is -0.748. The number of amides is 2. The minimum Gasteiger partial charge on any atom is -0.458 e. The highest BCUT2D eigenvalue weighted by Gasteiger charge is 2.45. The number of carbonyl (C=O) groups is 3. The van der Waals surface area contributed by atoms with Gasteiger partial charge in [-0.25, -0.2) is 4.39 Å². The fraction of sp³-hybridized carbons (Fsp3) is 0.367. The molecule has 0 aromatic heterocycles. The quantitative estimate of drug-likeness (QED) is 0.469. The smallest absolute Gasteiger partial charge is 0.309 e. The number of aryl methyl sites for hydroxylation is 1. The maximum Gasteiger partial charge on any atom is 0.309 e. The SMILES string of the molecule is Cc1cc(C2=C(C=C[C@@H]3C[C@@H](O)CC(=O)O3)C(C)(C)CC(N3C(=O)c4ccccc4C3=O)C2)ccc1F. The summed E-state index contributed by atoms with van der Waals surface area (Å²) in [6.45, 7) is 5.80. The zero-order valence-corrected chi connectivity index (χ0v) is 21.2. The third kappa shape index (κ3) is 4.64. The molecule has 2 aliphatic heterocycles. The monoisotopic (exact) mass is 503 g/mol. The number of nitrogens with zero attached hydrogens (tertiary/aromatic N) is 1. The van der Waals surface area contributed by atoms with Gasteiger partial charge in [-0.05, 0) is 77.8 Å². The van der Waals surface area contributed by atoms with Gasteiger partial charge >= 0.3 is 5.97 Å². The summed E-state index contributed by atoms with van der Waals surface area (Å²) in [5.74, 6) is -1.34. The van der Waals surface area contributed by atoms with Crippen LogP contribution in [0.1, 0.15) is 71.4 Å². The number of cyclic esters (lactones) is 1. The Morgan fingerprint density at radius 3 is 2.35 bits per heavy atom. The topological polar surface area (TPSA) is 83.9 Å². The van der Waals surface area contributed by atoms with Gasteiger partial charge in [-0.1, -0.05) is 38.1 Å². The lowest BCUT2D eigenvalue weighted by Gasteiger charge is -2.41. The number of carbonyl (C=O) groups excluding carboxylic acids is 3. The molecule has 1 unspecified atom stereocenters. The van der Waals surface area contributed by atoms with Gasteiger partial charge in [0.05, 0.1) is 23.7 Å². The first-order chi connectivity index (χ1) is 17.5.